The largest absolute Gasteiger partial charge is 0.386 e. The second-order valence-corrected chi connectivity index (χ2v) is 8.88. The zero-order valence-electron chi connectivity index (χ0n) is 14.9. The van der Waals surface area contributed by atoms with Crippen molar-refractivity contribution < 1.29 is 10.2 Å². The topological polar surface area (TPSA) is 40.5 Å². The summed E-state index contributed by atoms with van der Waals surface area (Å²) in [6, 6.07) is 0. The van der Waals surface area contributed by atoms with Gasteiger partial charge in [0.1, 0.15) is 0 Å². The van der Waals surface area contributed by atoms with Crippen molar-refractivity contribution in [2.45, 2.75) is 83.8 Å². The third-order valence-corrected chi connectivity index (χ3v) is 6.93. The molecule has 2 heteroatoms. The van der Waals surface area contributed by atoms with Gasteiger partial charge in [0.25, 0.3) is 0 Å². The van der Waals surface area contributed by atoms with Crippen molar-refractivity contribution in [2.24, 2.45) is 16.7 Å². The first-order chi connectivity index (χ1) is 9.98. The Hall–Kier alpha value is -0.600. The van der Waals surface area contributed by atoms with E-state index >= 15 is 0 Å². The highest BCUT2D eigenvalue weighted by atomic mass is 16.3. The first-order valence-corrected chi connectivity index (χ1v) is 8.75. The van der Waals surface area contributed by atoms with E-state index in [9.17, 15) is 10.2 Å². The summed E-state index contributed by atoms with van der Waals surface area (Å²) in [6.07, 6.45) is 8.13. The van der Waals surface area contributed by atoms with Crippen LogP contribution in [0.25, 0.3) is 0 Å². The molecule has 0 aromatic carbocycles. The third kappa shape index (κ3) is 2.69. The van der Waals surface area contributed by atoms with Crippen LogP contribution in [0, 0.1) is 16.7 Å². The molecule has 0 radical (unpaired) electrons. The van der Waals surface area contributed by atoms with E-state index in [1.54, 1.807) is 13.0 Å². The smallest absolute Gasteiger partial charge is 0.0911 e. The van der Waals surface area contributed by atoms with Gasteiger partial charge in [-0.05, 0) is 62.4 Å². The third-order valence-electron chi connectivity index (χ3n) is 6.93. The van der Waals surface area contributed by atoms with Crippen molar-refractivity contribution in [1.82, 2.24) is 0 Å². The fourth-order valence-electron chi connectivity index (χ4n) is 5.25. The molecule has 2 nitrogen and oxygen atoms in total. The maximum atomic E-state index is 11.6. The molecule has 0 spiro atoms. The van der Waals surface area contributed by atoms with Gasteiger partial charge in [0.15, 0.2) is 0 Å². The van der Waals surface area contributed by atoms with Crippen LogP contribution in [-0.4, -0.2) is 21.4 Å². The Labute approximate surface area is 136 Å². The Balaban J connectivity index is 2.34. The molecular formula is C20H34O2. The molecule has 0 unspecified atom stereocenters. The number of aliphatic hydroxyl groups is 2. The molecule has 0 heterocycles. The second kappa shape index (κ2) is 5.49. The van der Waals surface area contributed by atoms with Crippen molar-refractivity contribution in [3.05, 3.63) is 24.8 Å². The van der Waals surface area contributed by atoms with Gasteiger partial charge < -0.3 is 10.2 Å². The van der Waals surface area contributed by atoms with Gasteiger partial charge in [-0.1, -0.05) is 39.8 Å². The molecule has 2 rings (SSSR count). The van der Waals surface area contributed by atoms with Crippen LogP contribution in [0.3, 0.4) is 0 Å². The van der Waals surface area contributed by atoms with E-state index in [0.717, 1.165) is 31.3 Å². The van der Waals surface area contributed by atoms with Gasteiger partial charge in [-0.2, -0.15) is 0 Å². The fourth-order valence-corrected chi connectivity index (χ4v) is 5.25. The van der Waals surface area contributed by atoms with E-state index in [-0.39, 0.29) is 10.8 Å². The molecule has 2 aliphatic carbocycles. The van der Waals surface area contributed by atoms with Crippen LogP contribution in [0.4, 0.5) is 0 Å². The summed E-state index contributed by atoms with van der Waals surface area (Å²) in [5, 5.41) is 21.9. The van der Waals surface area contributed by atoms with E-state index in [1.165, 1.54) is 6.42 Å². The van der Waals surface area contributed by atoms with E-state index in [0.29, 0.717) is 18.8 Å². The zero-order valence-corrected chi connectivity index (χ0v) is 14.9. The van der Waals surface area contributed by atoms with Crippen LogP contribution in [0.15, 0.2) is 24.8 Å². The van der Waals surface area contributed by atoms with E-state index in [4.69, 9.17) is 0 Å². The fraction of sp³-hybridized carbons (Fsp3) is 0.800. The Morgan fingerprint density at radius 1 is 1.32 bits per heavy atom. The lowest BCUT2D eigenvalue weighted by Gasteiger charge is -2.61. The van der Waals surface area contributed by atoms with E-state index in [2.05, 4.69) is 33.9 Å². The Morgan fingerprint density at radius 3 is 2.55 bits per heavy atom. The average molecular weight is 306 g/mol. The van der Waals surface area contributed by atoms with E-state index in [1.807, 2.05) is 0 Å². The van der Waals surface area contributed by atoms with Gasteiger partial charge in [-0.15, -0.1) is 6.58 Å². The van der Waals surface area contributed by atoms with Crippen LogP contribution in [0.1, 0.15) is 72.6 Å². The first-order valence-electron chi connectivity index (χ1n) is 8.75. The molecule has 22 heavy (non-hydrogen) atoms. The predicted molar refractivity (Wildman–Crippen MR) is 92.6 cm³/mol. The lowest BCUT2D eigenvalue weighted by atomic mass is 9.45. The van der Waals surface area contributed by atoms with Crippen LogP contribution in [0.2, 0.25) is 0 Å². The van der Waals surface area contributed by atoms with Gasteiger partial charge in [-0.25, -0.2) is 0 Å². The number of fused-ring (bicyclic) bond motifs is 1. The summed E-state index contributed by atoms with van der Waals surface area (Å²) in [5.74, 6) is 0.512. The summed E-state index contributed by atoms with van der Waals surface area (Å²) in [4.78, 5) is 0. The van der Waals surface area contributed by atoms with Gasteiger partial charge >= 0.3 is 0 Å². The molecule has 0 amide bonds. The van der Waals surface area contributed by atoms with Crippen molar-refractivity contribution in [3.63, 3.8) is 0 Å². The molecule has 2 fully saturated rings. The van der Waals surface area contributed by atoms with Gasteiger partial charge in [-0.3, -0.25) is 0 Å². The van der Waals surface area contributed by atoms with Gasteiger partial charge in [0, 0.05) is 5.41 Å². The molecule has 2 aliphatic rings. The highest BCUT2D eigenvalue weighted by molar-refractivity contribution is 5.25. The minimum Gasteiger partial charge on any atom is -0.386 e. The molecule has 0 bridgehead atoms. The molecule has 0 aliphatic heterocycles. The summed E-state index contributed by atoms with van der Waals surface area (Å²) in [5.41, 5.74) is -0.711. The maximum absolute atomic E-state index is 11.6. The zero-order chi connectivity index (χ0) is 16.8. The van der Waals surface area contributed by atoms with Crippen molar-refractivity contribution >= 4 is 0 Å². The second-order valence-electron chi connectivity index (χ2n) is 8.88. The highest BCUT2D eigenvalue weighted by Gasteiger charge is 2.60. The molecule has 2 N–H and O–H groups in total. The molecule has 0 saturated heterocycles. The number of hydrogen-bond donors (Lipinski definition) is 2. The minimum absolute atomic E-state index is 0.138. The number of rotatable bonds is 4. The van der Waals surface area contributed by atoms with Crippen molar-refractivity contribution in [1.29, 1.82) is 0 Å². The number of hydrogen-bond acceptors (Lipinski definition) is 2. The highest BCUT2D eigenvalue weighted by Crippen LogP contribution is 2.63. The Kier molecular flexibility index (Phi) is 4.43. The summed E-state index contributed by atoms with van der Waals surface area (Å²) in [7, 11) is 0. The summed E-state index contributed by atoms with van der Waals surface area (Å²) < 4.78 is 0. The lowest BCUT2D eigenvalue weighted by Crippen LogP contribution is -2.60. The van der Waals surface area contributed by atoms with Crippen LogP contribution in [0.5, 0.6) is 0 Å². The maximum Gasteiger partial charge on any atom is 0.0911 e. The Bertz CT molecular complexity index is 462. The lowest BCUT2D eigenvalue weighted by molar-refractivity contribution is -0.161. The van der Waals surface area contributed by atoms with E-state index < -0.39 is 11.2 Å². The minimum atomic E-state index is -0.927. The SMILES string of the molecule is C=C[C@@](C)(O)CC[C@]1(O)C(=C)CC[C@@H]2C(C)(C)CCC[C@]21C. The summed E-state index contributed by atoms with van der Waals surface area (Å²) in [6.45, 7) is 16.6. The van der Waals surface area contributed by atoms with Crippen molar-refractivity contribution in [3.8, 4) is 0 Å². The van der Waals surface area contributed by atoms with Crippen LogP contribution in [-0.2, 0) is 0 Å². The van der Waals surface area contributed by atoms with Crippen LogP contribution < -0.4 is 0 Å². The quantitative estimate of drug-likeness (QED) is 0.744. The molecule has 4 atom stereocenters. The summed E-state index contributed by atoms with van der Waals surface area (Å²) >= 11 is 0. The van der Waals surface area contributed by atoms with Crippen LogP contribution >= 0.6 is 0 Å². The molecule has 0 aromatic heterocycles. The molecule has 0 aromatic rings. The average Bonchev–Trinajstić information content (AvgIpc) is 2.42. The van der Waals surface area contributed by atoms with Gasteiger partial charge in [0.05, 0.1) is 11.2 Å². The standard InChI is InChI=1S/C20H34O2/c1-7-18(5,21)13-14-20(22)15(2)9-10-16-17(3,4)11-8-12-19(16,20)6/h7,16,21-22H,1-2,8-14H2,3-6H3/t16-,18-,19-,20+/m1/s1. The predicted octanol–water partition coefficient (Wildman–Crippen LogP) is 4.62. The molecular weight excluding hydrogens is 272 g/mol. The monoisotopic (exact) mass is 306 g/mol. The molecule has 126 valence electrons. The first kappa shape index (κ1) is 17.7. The normalized spacial score (nSPS) is 40.6. The molecule has 2 saturated carbocycles. The van der Waals surface area contributed by atoms with Crippen molar-refractivity contribution in [2.75, 3.05) is 0 Å². The van der Waals surface area contributed by atoms with Gasteiger partial charge in [0.2, 0.25) is 0 Å². The Morgan fingerprint density at radius 2 is 1.95 bits per heavy atom.